The highest BCUT2D eigenvalue weighted by Crippen LogP contribution is 2.52. The Morgan fingerprint density at radius 1 is 1.08 bits per heavy atom. The largest absolute Gasteiger partial charge is 0.354 e. The Balaban J connectivity index is 1.30. The third-order valence-electron chi connectivity index (χ3n) is 5.51. The van der Waals surface area contributed by atoms with Crippen LogP contribution in [0.5, 0.6) is 0 Å². The number of hydrogen-bond donors (Lipinski definition) is 1. The molecule has 2 bridgehead atoms. The lowest BCUT2D eigenvalue weighted by Gasteiger charge is -2.16. The number of halogens is 1. The molecule has 0 spiro atoms. The predicted molar refractivity (Wildman–Crippen MR) is 87.6 cm³/mol. The van der Waals surface area contributed by atoms with Crippen LogP contribution in [0.3, 0.4) is 0 Å². The maximum atomic E-state index is 12.9. The van der Waals surface area contributed by atoms with Gasteiger partial charge in [0.1, 0.15) is 12.4 Å². The molecule has 1 saturated heterocycles. The van der Waals surface area contributed by atoms with Gasteiger partial charge in [0.2, 0.25) is 17.7 Å². The fourth-order valence-corrected chi connectivity index (χ4v) is 4.32. The highest BCUT2D eigenvalue weighted by molar-refractivity contribution is 6.08. The average Bonchev–Trinajstić information content (AvgIpc) is 3.27. The van der Waals surface area contributed by atoms with Gasteiger partial charge >= 0.3 is 0 Å². The lowest BCUT2D eigenvalue weighted by molar-refractivity contribution is -0.144. The van der Waals surface area contributed by atoms with E-state index in [9.17, 15) is 18.8 Å². The van der Waals surface area contributed by atoms with Crippen LogP contribution >= 0.6 is 0 Å². The summed E-state index contributed by atoms with van der Waals surface area (Å²) in [5.41, 5.74) is 0.909. The summed E-state index contributed by atoms with van der Waals surface area (Å²) in [5, 5.41) is 2.72. The second-order valence-corrected chi connectivity index (χ2v) is 6.99. The topological polar surface area (TPSA) is 66.5 Å². The molecule has 1 aromatic carbocycles. The Kier molecular flexibility index (Phi) is 3.90. The van der Waals surface area contributed by atoms with Gasteiger partial charge in [-0.3, -0.25) is 19.3 Å². The van der Waals surface area contributed by atoms with Crippen molar-refractivity contribution < 1.29 is 18.8 Å². The number of allylic oxidation sites excluding steroid dienone is 2. The third-order valence-corrected chi connectivity index (χ3v) is 5.51. The van der Waals surface area contributed by atoms with Crippen LogP contribution in [0, 0.1) is 29.5 Å². The number of imide groups is 1. The van der Waals surface area contributed by atoms with E-state index in [1.54, 1.807) is 12.1 Å². The highest BCUT2D eigenvalue weighted by Gasteiger charge is 2.59. The van der Waals surface area contributed by atoms with E-state index in [2.05, 4.69) is 5.32 Å². The van der Waals surface area contributed by atoms with E-state index in [0.717, 1.165) is 16.9 Å². The minimum absolute atomic E-state index is 0.151. The van der Waals surface area contributed by atoms with Crippen molar-refractivity contribution in [2.75, 3.05) is 13.1 Å². The van der Waals surface area contributed by atoms with Crippen molar-refractivity contribution in [2.45, 2.75) is 12.8 Å². The molecule has 0 aromatic heterocycles. The van der Waals surface area contributed by atoms with Crippen LogP contribution < -0.4 is 5.32 Å². The van der Waals surface area contributed by atoms with E-state index in [1.165, 1.54) is 12.1 Å². The summed E-state index contributed by atoms with van der Waals surface area (Å²) in [5.74, 6) is -1.29. The minimum Gasteiger partial charge on any atom is -0.354 e. The van der Waals surface area contributed by atoms with Crippen LogP contribution in [0.4, 0.5) is 4.39 Å². The summed E-state index contributed by atoms with van der Waals surface area (Å²) >= 11 is 0. The molecule has 2 fully saturated rings. The number of benzene rings is 1. The van der Waals surface area contributed by atoms with Gasteiger partial charge < -0.3 is 5.32 Å². The first-order valence-electron chi connectivity index (χ1n) is 8.59. The van der Waals surface area contributed by atoms with Gasteiger partial charge in [0.25, 0.3) is 0 Å². The summed E-state index contributed by atoms with van der Waals surface area (Å²) < 4.78 is 12.9. The summed E-state index contributed by atoms with van der Waals surface area (Å²) in [6.45, 7) is 0.161. The molecule has 4 atom stereocenters. The maximum Gasteiger partial charge on any atom is 0.240 e. The molecule has 0 radical (unpaired) electrons. The van der Waals surface area contributed by atoms with Crippen molar-refractivity contribution in [2.24, 2.45) is 23.7 Å². The first-order chi connectivity index (χ1) is 12.0. The van der Waals surface area contributed by atoms with E-state index in [1.807, 2.05) is 12.2 Å². The molecular weight excluding hydrogens is 323 g/mol. The van der Waals surface area contributed by atoms with Crippen molar-refractivity contribution in [1.82, 2.24) is 10.2 Å². The summed E-state index contributed by atoms with van der Waals surface area (Å²) in [6, 6.07) is 6.08. The van der Waals surface area contributed by atoms with Gasteiger partial charge in [0, 0.05) is 6.54 Å². The number of rotatable bonds is 5. The second-order valence-electron chi connectivity index (χ2n) is 6.99. The van der Waals surface area contributed by atoms with Gasteiger partial charge in [0.05, 0.1) is 11.8 Å². The Bertz CT molecular complexity index is 728. The zero-order valence-corrected chi connectivity index (χ0v) is 13.7. The number of carbonyl (C=O) groups is 3. The maximum absolute atomic E-state index is 12.9. The monoisotopic (exact) mass is 342 g/mol. The molecular formula is C19H19FN2O3. The molecule has 2 aliphatic carbocycles. The van der Waals surface area contributed by atoms with Crippen LogP contribution in [0.25, 0.3) is 0 Å². The standard InChI is InChI=1S/C19H19FN2O3/c20-14-5-1-11(2-6-14)7-8-21-15(23)10-22-18(24)16-12-3-4-13(9-12)17(16)19(22)25/h1-6,12-13,16-17H,7-10H2,(H,21,23). The SMILES string of the molecule is O=C(CN1C(=O)C2C3C=CC(C3)C2C1=O)NCCc1ccc(F)cc1. The zero-order chi connectivity index (χ0) is 17.6. The molecule has 3 aliphatic rings. The number of fused-ring (bicyclic) bond motifs is 5. The molecule has 1 aliphatic heterocycles. The van der Waals surface area contributed by atoms with Gasteiger partial charge in [-0.05, 0) is 42.4 Å². The number of nitrogens with zero attached hydrogens (tertiary/aromatic N) is 1. The summed E-state index contributed by atoms with van der Waals surface area (Å²) in [4.78, 5) is 38.2. The van der Waals surface area contributed by atoms with Crippen molar-refractivity contribution in [3.8, 4) is 0 Å². The normalized spacial score (nSPS) is 29.4. The van der Waals surface area contributed by atoms with E-state index >= 15 is 0 Å². The molecule has 1 aromatic rings. The first kappa shape index (κ1) is 16.0. The van der Waals surface area contributed by atoms with Gasteiger partial charge in [-0.15, -0.1) is 0 Å². The fourth-order valence-electron chi connectivity index (χ4n) is 4.32. The summed E-state index contributed by atoms with van der Waals surface area (Å²) in [7, 11) is 0. The zero-order valence-electron chi connectivity index (χ0n) is 13.7. The van der Waals surface area contributed by atoms with Crippen LogP contribution in [0.15, 0.2) is 36.4 Å². The van der Waals surface area contributed by atoms with Gasteiger partial charge in [-0.2, -0.15) is 0 Å². The molecule has 25 heavy (non-hydrogen) atoms. The third kappa shape index (κ3) is 2.75. The molecule has 1 saturated carbocycles. The number of likely N-dealkylation sites (tertiary alicyclic amines) is 1. The van der Waals surface area contributed by atoms with Gasteiger partial charge in [0.15, 0.2) is 0 Å². The molecule has 6 heteroatoms. The van der Waals surface area contributed by atoms with Crippen molar-refractivity contribution >= 4 is 17.7 Å². The Hall–Kier alpha value is -2.50. The van der Waals surface area contributed by atoms with Crippen molar-refractivity contribution in [1.29, 1.82) is 0 Å². The number of hydrogen-bond acceptors (Lipinski definition) is 3. The smallest absolute Gasteiger partial charge is 0.240 e. The number of amides is 3. The van der Waals surface area contributed by atoms with Crippen LogP contribution in [0.1, 0.15) is 12.0 Å². The average molecular weight is 342 g/mol. The Morgan fingerprint density at radius 3 is 2.28 bits per heavy atom. The van der Waals surface area contributed by atoms with Crippen LogP contribution in [-0.4, -0.2) is 35.7 Å². The quantitative estimate of drug-likeness (QED) is 0.648. The molecule has 4 rings (SSSR count). The highest BCUT2D eigenvalue weighted by atomic mass is 19.1. The first-order valence-corrected chi connectivity index (χ1v) is 8.59. The second kappa shape index (κ2) is 6.10. The van der Waals surface area contributed by atoms with E-state index < -0.39 is 0 Å². The minimum atomic E-state index is -0.343. The van der Waals surface area contributed by atoms with E-state index in [-0.39, 0.29) is 53.8 Å². The summed E-state index contributed by atoms with van der Waals surface area (Å²) in [6.07, 6.45) is 5.50. The van der Waals surface area contributed by atoms with E-state index in [4.69, 9.17) is 0 Å². The van der Waals surface area contributed by atoms with Gasteiger partial charge in [-0.1, -0.05) is 24.3 Å². The fraction of sp³-hybridized carbons (Fsp3) is 0.421. The van der Waals surface area contributed by atoms with Crippen molar-refractivity contribution in [3.05, 3.63) is 47.8 Å². The van der Waals surface area contributed by atoms with E-state index in [0.29, 0.717) is 13.0 Å². The van der Waals surface area contributed by atoms with Crippen molar-refractivity contribution in [3.63, 3.8) is 0 Å². The Labute approximate surface area is 144 Å². The molecule has 3 amide bonds. The number of carbonyl (C=O) groups excluding carboxylic acids is 3. The van der Waals surface area contributed by atoms with Crippen LogP contribution in [0.2, 0.25) is 0 Å². The molecule has 4 unspecified atom stereocenters. The molecule has 130 valence electrons. The Morgan fingerprint density at radius 2 is 1.68 bits per heavy atom. The lowest BCUT2D eigenvalue weighted by atomic mass is 9.85. The molecule has 1 N–H and O–H groups in total. The van der Waals surface area contributed by atoms with Crippen LogP contribution in [-0.2, 0) is 20.8 Å². The lowest BCUT2D eigenvalue weighted by Crippen LogP contribution is -2.42. The molecule has 5 nitrogen and oxygen atoms in total. The predicted octanol–water partition coefficient (Wildman–Crippen LogP) is 1.29. The number of nitrogens with one attached hydrogen (secondary N) is 1. The van der Waals surface area contributed by atoms with Gasteiger partial charge in [-0.25, -0.2) is 4.39 Å². The molecule has 1 heterocycles.